The van der Waals surface area contributed by atoms with Crippen molar-refractivity contribution in [3.63, 3.8) is 0 Å². The van der Waals surface area contributed by atoms with E-state index in [9.17, 15) is 14.4 Å². The summed E-state index contributed by atoms with van der Waals surface area (Å²) in [6.07, 6.45) is 5.16. The van der Waals surface area contributed by atoms with Crippen LogP contribution in [0.3, 0.4) is 0 Å². The number of likely N-dealkylation sites (tertiary alicyclic amines) is 1. The van der Waals surface area contributed by atoms with E-state index in [2.05, 4.69) is 0 Å². The second-order valence-electron chi connectivity index (χ2n) is 7.00. The SMILES string of the molecule is CCOC(=O)C1CCN(C(=O)CC2c3ccccc3C=CN2C(C)=O)CC1. The first-order valence-electron chi connectivity index (χ1n) is 9.51. The number of carbonyl (C=O) groups excluding carboxylic acids is 3. The van der Waals surface area contributed by atoms with Gasteiger partial charge in [-0.2, -0.15) is 0 Å². The van der Waals surface area contributed by atoms with Crippen molar-refractivity contribution in [2.75, 3.05) is 19.7 Å². The summed E-state index contributed by atoms with van der Waals surface area (Å²) in [6, 6.07) is 7.55. The molecule has 1 atom stereocenters. The largest absolute Gasteiger partial charge is 0.466 e. The lowest BCUT2D eigenvalue weighted by atomic mass is 9.92. The van der Waals surface area contributed by atoms with Crippen LogP contribution in [-0.2, 0) is 19.1 Å². The van der Waals surface area contributed by atoms with Gasteiger partial charge in [0.05, 0.1) is 25.0 Å². The van der Waals surface area contributed by atoms with E-state index < -0.39 is 0 Å². The van der Waals surface area contributed by atoms with Gasteiger partial charge in [-0.3, -0.25) is 14.4 Å². The van der Waals surface area contributed by atoms with Crippen LogP contribution in [0, 0.1) is 5.92 Å². The average molecular weight is 370 g/mol. The molecule has 0 N–H and O–H groups in total. The maximum Gasteiger partial charge on any atom is 0.309 e. The summed E-state index contributed by atoms with van der Waals surface area (Å²) >= 11 is 0. The highest BCUT2D eigenvalue weighted by Gasteiger charge is 2.32. The van der Waals surface area contributed by atoms with Crippen molar-refractivity contribution < 1.29 is 19.1 Å². The van der Waals surface area contributed by atoms with Crippen molar-refractivity contribution in [2.24, 2.45) is 5.92 Å². The molecule has 144 valence electrons. The molecule has 0 aromatic heterocycles. The van der Waals surface area contributed by atoms with Crippen LogP contribution in [0.25, 0.3) is 6.08 Å². The first-order chi connectivity index (χ1) is 13.0. The fourth-order valence-corrected chi connectivity index (χ4v) is 3.83. The van der Waals surface area contributed by atoms with Gasteiger partial charge in [0.1, 0.15) is 0 Å². The van der Waals surface area contributed by atoms with Gasteiger partial charge >= 0.3 is 5.97 Å². The van der Waals surface area contributed by atoms with Gasteiger partial charge in [0.15, 0.2) is 0 Å². The molecule has 0 radical (unpaired) electrons. The maximum atomic E-state index is 12.9. The van der Waals surface area contributed by atoms with Gasteiger partial charge in [0, 0.05) is 26.2 Å². The van der Waals surface area contributed by atoms with Crippen LogP contribution in [0.15, 0.2) is 30.5 Å². The molecule has 3 rings (SSSR count). The maximum absolute atomic E-state index is 12.9. The number of rotatable bonds is 4. The molecule has 0 aliphatic carbocycles. The summed E-state index contributed by atoms with van der Waals surface area (Å²) in [4.78, 5) is 40.2. The molecular formula is C21H26N2O4. The van der Waals surface area contributed by atoms with Crippen molar-refractivity contribution in [1.29, 1.82) is 0 Å². The number of hydrogen-bond donors (Lipinski definition) is 0. The Hall–Kier alpha value is -2.63. The first kappa shape index (κ1) is 19.1. The minimum absolute atomic E-state index is 0.0126. The molecule has 6 heteroatoms. The lowest BCUT2D eigenvalue weighted by Crippen LogP contribution is -2.42. The quantitative estimate of drug-likeness (QED) is 0.765. The lowest BCUT2D eigenvalue weighted by Gasteiger charge is -2.35. The zero-order valence-electron chi connectivity index (χ0n) is 15.9. The number of ether oxygens (including phenoxy) is 1. The smallest absolute Gasteiger partial charge is 0.309 e. The first-order valence-corrected chi connectivity index (χ1v) is 9.51. The molecule has 1 aromatic rings. The monoisotopic (exact) mass is 370 g/mol. The van der Waals surface area contributed by atoms with Gasteiger partial charge in [0.25, 0.3) is 0 Å². The van der Waals surface area contributed by atoms with Crippen LogP contribution in [0.4, 0.5) is 0 Å². The zero-order chi connectivity index (χ0) is 19.4. The molecule has 0 saturated carbocycles. The number of nitrogens with zero attached hydrogens (tertiary/aromatic N) is 2. The minimum Gasteiger partial charge on any atom is -0.466 e. The molecule has 27 heavy (non-hydrogen) atoms. The molecule has 1 saturated heterocycles. The molecule has 2 aliphatic rings. The van der Waals surface area contributed by atoms with Crippen LogP contribution in [0.1, 0.15) is 50.3 Å². The number of hydrogen-bond acceptors (Lipinski definition) is 4. The summed E-state index contributed by atoms with van der Waals surface area (Å²) in [5, 5.41) is 0. The molecule has 0 bridgehead atoms. The highest BCUT2D eigenvalue weighted by Crippen LogP contribution is 2.33. The Morgan fingerprint density at radius 1 is 1.15 bits per heavy atom. The van der Waals surface area contributed by atoms with Gasteiger partial charge in [-0.05, 0) is 37.0 Å². The fraction of sp³-hybridized carbons (Fsp3) is 0.476. The highest BCUT2D eigenvalue weighted by atomic mass is 16.5. The molecule has 1 fully saturated rings. The van der Waals surface area contributed by atoms with E-state index in [4.69, 9.17) is 4.74 Å². The van der Waals surface area contributed by atoms with E-state index >= 15 is 0 Å². The van der Waals surface area contributed by atoms with Crippen molar-refractivity contribution >= 4 is 23.9 Å². The second kappa shape index (κ2) is 8.37. The van der Waals surface area contributed by atoms with Gasteiger partial charge < -0.3 is 14.5 Å². The number of fused-ring (bicyclic) bond motifs is 1. The number of piperidine rings is 1. The van der Waals surface area contributed by atoms with Gasteiger partial charge in [-0.1, -0.05) is 24.3 Å². The Kier molecular flexibility index (Phi) is 5.94. The standard InChI is InChI=1S/C21H26N2O4/c1-3-27-21(26)17-8-11-22(12-9-17)20(25)14-19-18-7-5-4-6-16(18)10-13-23(19)15(2)24/h4-7,10,13,17,19H,3,8-9,11-12,14H2,1-2H3. The Bertz CT molecular complexity index is 750. The molecule has 2 amide bonds. The van der Waals surface area contributed by atoms with E-state index in [0.29, 0.717) is 32.5 Å². The number of amides is 2. The Morgan fingerprint density at radius 2 is 1.85 bits per heavy atom. The third-order valence-corrected chi connectivity index (χ3v) is 5.30. The molecule has 1 unspecified atom stereocenters. The summed E-state index contributed by atoms with van der Waals surface area (Å²) in [5.74, 6) is -0.363. The van der Waals surface area contributed by atoms with Crippen LogP contribution >= 0.6 is 0 Å². The van der Waals surface area contributed by atoms with E-state index in [0.717, 1.165) is 11.1 Å². The summed E-state index contributed by atoms with van der Waals surface area (Å²) in [6.45, 7) is 4.79. The highest BCUT2D eigenvalue weighted by molar-refractivity contribution is 5.82. The average Bonchev–Trinajstić information content (AvgIpc) is 2.68. The predicted molar refractivity (Wildman–Crippen MR) is 101 cm³/mol. The normalized spacial score (nSPS) is 19.6. The summed E-state index contributed by atoms with van der Waals surface area (Å²) in [5.41, 5.74) is 2.03. The molecule has 2 aliphatic heterocycles. The Morgan fingerprint density at radius 3 is 2.52 bits per heavy atom. The molecule has 6 nitrogen and oxygen atoms in total. The van der Waals surface area contributed by atoms with Gasteiger partial charge in [0.2, 0.25) is 11.8 Å². The molecule has 0 spiro atoms. The number of carbonyl (C=O) groups is 3. The third kappa shape index (κ3) is 4.21. The van der Waals surface area contributed by atoms with Crippen LogP contribution < -0.4 is 0 Å². The Balaban J connectivity index is 1.67. The predicted octanol–water partition coefficient (Wildman–Crippen LogP) is 2.75. The Labute approximate surface area is 159 Å². The lowest BCUT2D eigenvalue weighted by molar-refractivity contribution is -0.151. The summed E-state index contributed by atoms with van der Waals surface area (Å²) in [7, 11) is 0. The van der Waals surface area contributed by atoms with Crippen LogP contribution in [0.2, 0.25) is 0 Å². The number of benzene rings is 1. The molecule has 1 aromatic carbocycles. The molecular weight excluding hydrogens is 344 g/mol. The minimum atomic E-state index is -0.293. The second-order valence-corrected chi connectivity index (χ2v) is 7.00. The van der Waals surface area contributed by atoms with E-state index in [1.165, 1.54) is 6.92 Å². The van der Waals surface area contributed by atoms with E-state index in [1.54, 1.807) is 22.9 Å². The van der Waals surface area contributed by atoms with Crippen molar-refractivity contribution in [1.82, 2.24) is 9.80 Å². The van der Waals surface area contributed by atoms with Crippen LogP contribution in [0.5, 0.6) is 0 Å². The van der Waals surface area contributed by atoms with Crippen LogP contribution in [-0.4, -0.2) is 47.3 Å². The third-order valence-electron chi connectivity index (χ3n) is 5.30. The van der Waals surface area contributed by atoms with Gasteiger partial charge in [-0.15, -0.1) is 0 Å². The zero-order valence-corrected chi connectivity index (χ0v) is 15.9. The fourth-order valence-electron chi connectivity index (χ4n) is 3.83. The summed E-state index contributed by atoms with van der Waals surface area (Å²) < 4.78 is 5.08. The van der Waals surface area contributed by atoms with Gasteiger partial charge in [-0.25, -0.2) is 0 Å². The molecule has 2 heterocycles. The van der Waals surface area contributed by atoms with E-state index in [-0.39, 0.29) is 36.2 Å². The van der Waals surface area contributed by atoms with Crippen molar-refractivity contribution in [3.8, 4) is 0 Å². The topological polar surface area (TPSA) is 66.9 Å². The van der Waals surface area contributed by atoms with Crippen molar-refractivity contribution in [2.45, 2.75) is 39.2 Å². The number of esters is 1. The van der Waals surface area contributed by atoms with E-state index in [1.807, 2.05) is 30.3 Å². The van der Waals surface area contributed by atoms with Crippen molar-refractivity contribution in [3.05, 3.63) is 41.6 Å².